The first kappa shape index (κ1) is 7.67. The fourth-order valence-corrected chi connectivity index (χ4v) is 1.16. The van der Waals surface area contributed by atoms with Crippen LogP contribution < -0.4 is 0 Å². The van der Waals surface area contributed by atoms with Crippen LogP contribution in [0.2, 0.25) is 0 Å². The molecule has 4 heteroatoms. The lowest BCUT2D eigenvalue weighted by Crippen LogP contribution is -1.97. The third-order valence-electron chi connectivity index (χ3n) is 1.76. The number of hydrogen-bond acceptors (Lipinski definition) is 3. The second-order valence-electron chi connectivity index (χ2n) is 2.56. The summed E-state index contributed by atoms with van der Waals surface area (Å²) in [4.78, 5) is 18.5. The van der Waals surface area contributed by atoms with Crippen molar-refractivity contribution in [3.8, 4) is 11.3 Å². The molecule has 1 N–H and O–H groups in total. The van der Waals surface area contributed by atoms with Crippen molar-refractivity contribution < 1.29 is 9.90 Å². The predicted molar refractivity (Wildman–Crippen MR) is 45.6 cm³/mol. The maximum absolute atomic E-state index is 10.8. The molecule has 0 aromatic carbocycles. The van der Waals surface area contributed by atoms with E-state index < -0.39 is 5.97 Å². The Morgan fingerprint density at radius 3 is 2.85 bits per heavy atom. The Balaban J connectivity index is 2.74. The van der Waals surface area contributed by atoms with E-state index in [1.54, 1.807) is 24.5 Å². The Kier molecular flexibility index (Phi) is 1.66. The zero-order chi connectivity index (χ0) is 9.26. The minimum absolute atomic E-state index is 0.130. The summed E-state index contributed by atoms with van der Waals surface area (Å²) in [5, 5.41) is 8.83. The molecule has 0 aromatic rings. The van der Waals surface area contributed by atoms with Gasteiger partial charge in [-0.05, 0) is 12.1 Å². The molecule has 0 fully saturated rings. The summed E-state index contributed by atoms with van der Waals surface area (Å²) in [5.41, 5.74) is 1.39. The molecule has 2 aliphatic rings. The number of aromatic nitrogens is 2. The average Bonchev–Trinajstić information content (AvgIpc) is 2.44. The average molecular weight is 174 g/mol. The summed E-state index contributed by atoms with van der Waals surface area (Å²) in [6, 6.07) is 3.48. The SMILES string of the molecule is O=C(O)c1cnccc2ccnc1-2. The van der Waals surface area contributed by atoms with Crippen LogP contribution in [-0.4, -0.2) is 21.0 Å². The molecule has 0 aliphatic carbocycles. The third-order valence-corrected chi connectivity index (χ3v) is 1.76. The highest BCUT2D eigenvalue weighted by molar-refractivity contribution is 5.94. The molecule has 0 saturated carbocycles. The normalized spacial score (nSPS) is 10.2. The van der Waals surface area contributed by atoms with Crippen LogP contribution >= 0.6 is 0 Å². The molecule has 0 radical (unpaired) electrons. The van der Waals surface area contributed by atoms with Crippen molar-refractivity contribution in [1.82, 2.24) is 9.97 Å². The topological polar surface area (TPSA) is 63.1 Å². The molecular weight excluding hydrogens is 168 g/mol. The molecule has 2 rings (SSSR count). The third kappa shape index (κ3) is 1.22. The van der Waals surface area contributed by atoms with Gasteiger partial charge in [0.05, 0.1) is 5.69 Å². The van der Waals surface area contributed by atoms with Crippen molar-refractivity contribution in [3.05, 3.63) is 36.3 Å². The van der Waals surface area contributed by atoms with Crippen LogP contribution in [0.15, 0.2) is 30.7 Å². The van der Waals surface area contributed by atoms with Gasteiger partial charge in [-0.3, -0.25) is 9.97 Å². The van der Waals surface area contributed by atoms with E-state index >= 15 is 0 Å². The van der Waals surface area contributed by atoms with E-state index in [9.17, 15) is 4.79 Å². The van der Waals surface area contributed by atoms with E-state index in [0.717, 1.165) is 5.56 Å². The Bertz CT molecular complexity index is 428. The molecule has 0 aromatic heterocycles. The molecule has 0 spiro atoms. The predicted octanol–water partition coefficient (Wildman–Crippen LogP) is 1.28. The van der Waals surface area contributed by atoms with Crippen LogP contribution in [-0.2, 0) is 0 Å². The maximum atomic E-state index is 10.8. The van der Waals surface area contributed by atoms with E-state index in [0.29, 0.717) is 5.69 Å². The molecule has 0 amide bonds. The van der Waals surface area contributed by atoms with Crippen molar-refractivity contribution in [1.29, 1.82) is 0 Å². The van der Waals surface area contributed by atoms with Crippen molar-refractivity contribution in [3.63, 3.8) is 0 Å². The highest BCUT2D eigenvalue weighted by atomic mass is 16.4. The summed E-state index contributed by atoms with van der Waals surface area (Å²) in [7, 11) is 0. The lowest BCUT2D eigenvalue weighted by atomic mass is 10.1. The molecule has 64 valence electrons. The molecule has 2 heterocycles. The van der Waals surface area contributed by atoms with Gasteiger partial charge in [0.25, 0.3) is 0 Å². The first-order chi connectivity index (χ1) is 6.29. The summed E-state index contributed by atoms with van der Waals surface area (Å²) in [6.07, 6.45) is 4.44. The first-order valence-electron chi connectivity index (χ1n) is 3.71. The Morgan fingerprint density at radius 1 is 1.31 bits per heavy atom. The van der Waals surface area contributed by atoms with Crippen molar-refractivity contribution in [2.75, 3.05) is 0 Å². The quantitative estimate of drug-likeness (QED) is 0.707. The molecule has 0 saturated heterocycles. The fraction of sp³-hybridized carbons (Fsp3) is 0. The van der Waals surface area contributed by atoms with Gasteiger partial charge in [-0.2, -0.15) is 0 Å². The largest absolute Gasteiger partial charge is 0.478 e. The van der Waals surface area contributed by atoms with Crippen LogP contribution in [0.3, 0.4) is 0 Å². The standard InChI is InChI=1S/C9H6N2O2/c12-9(13)7-5-10-3-1-6-2-4-11-8(6)7/h1-5H,(H,12,13). The van der Waals surface area contributed by atoms with Gasteiger partial charge in [-0.1, -0.05) is 0 Å². The zero-order valence-electron chi connectivity index (χ0n) is 6.64. The molecular formula is C9H6N2O2. The van der Waals surface area contributed by atoms with Crippen LogP contribution in [0.4, 0.5) is 0 Å². The van der Waals surface area contributed by atoms with Crippen molar-refractivity contribution >= 4 is 5.97 Å². The molecule has 0 atom stereocenters. The highest BCUT2D eigenvalue weighted by Gasteiger charge is 2.13. The van der Waals surface area contributed by atoms with Gasteiger partial charge < -0.3 is 5.11 Å². The van der Waals surface area contributed by atoms with Crippen LogP contribution in [0.1, 0.15) is 10.4 Å². The number of aromatic carboxylic acids is 1. The number of carboxylic acids is 1. The first-order valence-corrected chi connectivity index (χ1v) is 3.71. The number of rotatable bonds is 1. The number of hydrogen-bond donors (Lipinski definition) is 1. The van der Waals surface area contributed by atoms with Crippen LogP contribution in [0.5, 0.6) is 0 Å². The lowest BCUT2D eigenvalue weighted by Gasteiger charge is -1.93. The molecule has 13 heavy (non-hydrogen) atoms. The molecule has 0 bridgehead atoms. The fourth-order valence-electron chi connectivity index (χ4n) is 1.16. The van der Waals surface area contributed by atoms with Crippen molar-refractivity contribution in [2.45, 2.75) is 0 Å². The summed E-state index contributed by atoms with van der Waals surface area (Å²) >= 11 is 0. The molecule has 0 unspecified atom stereocenters. The Hall–Kier alpha value is -1.97. The zero-order valence-corrected chi connectivity index (χ0v) is 6.64. The molecule has 2 aliphatic heterocycles. The van der Waals surface area contributed by atoms with Gasteiger partial charge in [0.2, 0.25) is 0 Å². The van der Waals surface area contributed by atoms with E-state index in [4.69, 9.17) is 5.11 Å². The smallest absolute Gasteiger partial charge is 0.339 e. The van der Waals surface area contributed by atoms with Gasteiger partial charge in [0.1, 0.15) is 5.56 Å². The number of carboxylic acid groups (broad SMARTS) is 1. The number of fused-ring (bicyclic) bond motifs is 1. The van der Waals surface area contributed by atoms with E-state index in [2.05, 4.69) is 9.97 Å². The minimum atomic E-state index is -1.01. The number of nitrogens with zero attached hydrogens (tertiary/aromatic N) is 2. The maximum Gasteiger partial charge on any atom is 0.339 e. The van der Waals surface area contributed by atoms with Gasteiger partial charge in [0.15, 0.2) is 0 Å². The van der Waals surface area contributed by atoms with Crippen LogP contribution in [0.25, 0.3) is 11.3 Å². The number of carbonyl (C=O) groups is 1. The van der Waals surface area contributed by atoms with E-state index in [-0.39, 0.29) is 5.56 Å². The van der Waals surface area contributed by atoms with Gasteiger partial charge >= 0.3 is 5.97 Å². The highest BCUT2D eigenvalue weighted by Crippen LogP contribution is 2.21. The lowest BCUT2D eigenvalue weighted by molar-refractivity contribution is 0.0697. The van der Waals surface area contributed by atoms with Gasteiger partial charge in [-0.25, -0.2) is 4.79 Å². The van der Waals surface area contributed by atoms with Gasteiger partial charge in [-0.15, -0.1) is 0 Å². The summed E-state index contributed by atoms with van der Waals surface area (Å²) < 4.78 is 0. The summed E-state index contributed by atoms with van der Waals surface area (Å²) in [6.45, 7) is 0. The second-order valence-corrected chi connectivity index (χ2v) is 2.56. The Labute approximate surface area is 74.2 Å². The minimum Gasteiger partial charge on any atom is -0.478 e. The monoisotopic (exact) mass is 174 g/mol. The summed E-state index contributed by atoms with van der Waals surface area (Å²) in [5.74, 6) is -1.01. The Morgan fingerprint density at radius 2 is 2.08 bits per heavy atom. The second kappa shape index (κ2) is 2.82. The van der Waals surface area contributed by atoms with E-state index in [1.165, 1.54) is 6.20 Å². The van der Waals surface area contributed by atoms with Crippen molar-refractivity contribution in [2.24, 2.45) is 0 Å². The molecule has 4 nitrogen and oxygen atoms in total. The van der Waals surface area contributed by atoms with Crippen LogP contribution in [0, 0.1) is 0 Å². The van der Waals surface area contributed by atoms with Gasteiger partial charge in [0, 0.05) is 24.2 Å². The van der Waals surface area contributed by atoms with E-state index in [1.807, 2.05) is 0 Å².